The van der Waals surface area contributed by atoms with Gasteiger partial charge < -0.3 is 5.11 Å². The Hall–Kier alpha value is -2.42. The van der Waals surface area contributed by atoms with E-state index in [4.69, 9.17) is 5.11 Å². The summed E-state index contributed by atoms with van der Waals surface area (Å²) in [6.45, 7) is 0. The summed E-state index contributed by atoms with van der Waals surface area (Å²) in [5.41, 5.74) is 1.90. The van der Waals surface area contributed by atoms with Crippen molar-refractivity contribution in [1.29, 1.82) is 0 Å². The summed E-state index contributed by atoms with van der Waals surface area (Å²) >= 11 is 0. The normalized spacial score (nSPS) is 10.4. The Morgan fingerprint density at radius 2 is 1.26 bits per heavy atom. The molecule has 3 nitrogen and oxygen atoms in total. The molecule has 96 valence electrons. The first-order valence-corrected chi connectivity index (χ1v) is 6.04. The predicted molar refractivity (Wildman–Crippen MR) is 72.0 cm³/mol. The molecule has 19 heavy (non-hydrogen) atoms. The van der Waals surface area contributed by atoms with Crippen molar-refractivity contribution in [2.45, 2.75) is 12.3 Å². The van der Waals surface area contributed by atoms with Crippen LogP contribution in [0.3, 0.4) is 0 Å². The number of carboxylic acid groups (broad SMARTS) is 1. The summed E-state index contributed by atoms with van der Waals surface area (Å²) < 4.78 is 0. The Morgan fingerprint density at radius 3 is 1.63 bits per heavy atom. The van der Waals surface area contributed by atoms with Crippen LogP contribution in [0.1, 0.15) is 23.5 Å². The fourth-order valence-corrected chi connectivity index (χ4v) is 2.07. The average Bonchev–Trinajstić information content (AvgIpc) is 2.46. The van der Waals surface area contributed by atoms with Gasteiger partial charge >= 0.3 is 5.97 Å². The van der Waals surface area contributed by atoms with Gasteiger partial charge in [-0.25, -0.2) is 4.79 Å². The predicted octanol–water partition coefficient (Wildman–Crippen LogP) is 2.86. The van der Waals surface area contributed by atoms with Crippen molar-refractivity contribution in [3.8, 4) is 0 Å². The Bertz CT molecular complexity index is 522. The van der Waals surface area contributed by atoms with E-state index in [1.165, 1.54) is 0 Å². The van der Waals surface area contributed by atoms with Crippen LogP contribution in [0.5, 0.6) is 0 Å². The molecule has 0 atom stereocenters. The Labute approximate surface area is 111 Å². The highest BCUT2D eigenvalue weighted by atomic mass is 16.4. The van der Waals surface area contributed by atoms with Gasteiger partial charge in [-0.05, 0) is 11.1 Å². The SMILES string of the molecule is O=C(O)C(=O)CC(c1ccccc1)c1ccccc1. The van der Waals surface area contributed by atoms with Crippen LogP contribution < -0.4 is 0 Å². The molecule has 0 radical (unpaired) electrons. The van der Waals surface area contributed by atoms with Crippen LogP contribution in [0.25, 0.3) is 0 Å². The van der Waals surface area contributed by atoms with E-state index in [1.807, 2.05) is 60.7 Å². The number of carboxylic acids is 1. The standard InChI is InChI=1S/C16H14O3/c17-15(16(18)19)11-14(12-7-3-1-4-8-12)13-9-5-2-6-10-13/h1-10,14H,11H2,(H,18,19). The Balaban J connectivity index is 2.34. The van der Waals surface area contributed by atoms with Crippen LogP contribution in [-0.4, -0.2) is 16.9 Å². The van der Waals surface area contributed by atoms with E-state index < -0.39 is 11.8 Å². The van der Waals surface area contributed by atoms with Gasteiger partial charge in [-0.3, -0.25) is 4.79 Å². The van der Waals surface area contributed by atoms with Gasteiger partial charge in [-0.15, -0.1) is 0 Å². The van der Waals surface area contributed by atoms with Crippen molar-refractivity contribution < 1.29 is 14.7 Å². The number of hydrogen-bond donors (Lipinski definition) is 1. The topological polar surface area (TPSA) is 54.4 Å². The summed E-state index contributed by atoms with van der Waals surface area (Å²) in [5, 5.41) is 8.78. The monoisotopic (exact) mass is 254 g/mol. The molecule has 0 bridgehead atoms. The summed E-state index contributed by atoms with van der Waals surface area (Å²) in [4.78, 5) is 22.2. The molecule has 2 aromatic carbocycles. The van der Waals surface area contributed by atoms with Gasteiger partial charge in [0.15, 0.2) is 0 Å². The van der Waals surface area contributed by atoms with E-state index in [1.54, 1.807) is 0 Å². The van der Waals surface area contributed by atoms with Gasteiger partial charge in [0.05, 0.1) is 0 Å². The smallest absolute Gasteiger partial charge is 0.372 e. The lowest BCUT2D eigenvalue weighted by Crippen LogP contribution is -2.17. The molecule has 0 heterocycles. The Morgan fingerprint density at radius 1 is 0.842 bits per heavy atom. The first-order valence-electron chi connectivity index (χ1n) is 6.04. The third kappa shape index (κ3) is 3.28. The lowest BCUT2D eigenvalue weighted by Gasteiger charge is -2.16. The third-order valence-electron chi connectivity index (χ3n) is 3.03. The molecule has 0 spiro atoms. The minimum atomic E-state index is -1.38. The molecule has 0 amide bonds. The number of hydrogen-bond acceptors (Lipinski definition) is 2. The maximum atomic E-state index is 11.5. The van der Waals surface area contributed by atoms with Crippen molar-refractivity contribution in [1.82, 2.24) is 0 Å². The van der Waals surface area contributed by atoms with Gasteiger partial charge in [0.25, 0.3) is 0 Å². The second kappa shape index (κ2) is 5.96. The zero-order valence-corrected chi connectivity index (χ0v) is 10.3. The molecule has 0 saturated carbocycles. The second-order valence-corrected chi connectivity index (χ2v) is 4.31. The van der Waals surface area contributed by atoms with Crippen LogP contribution in [0.2, 0.25) is 0 Å². The average molecular weight is 254 g/mol. The first-order chi connectivity index (χ1) is 9.18. The number of aliphatic carboxylic acids is 1. The van der Waals surface area contributed by atoms with Crippen LogP contribution in [0.15, 0.2) is 60.7 Å². The highest BCUT2D eigenvalue weighted by molar-refractivity contribution is 6.32. The largest absolute Gasteiger partial charge is 0.476 e. The van der Waals surface area contributed by atoms with Crippen LogP contribution >= 0.6 is 0 Å². The van der Waals surface area contributed by atoms with Gasteiger partial charge in [0.2, 0.25) is 5.78 Å². The lowest BCUT2D eigenvalue weighted by atomic mass is 9.87. The molecule has 0 aliphatic carbocycles. The van der Waals surface area contributed by atoms with Gasteiger partial charge in [-0.1, -0.05) is 60.7 Å². The molecule has 0 aliphatic heterocycles. The lowest BCUT2D eigenvalue weighted by molar-refractivity contribution is -0.149. The summed E-state index contributed by atoms with van der Waals surface area (Å²) in [7, 11) is 0. The molecule has 0 unspecified atom stereocenters. The van der Waals surface area contributed by atoms with Crippen molar-refractivity contribution in [2.24, 2.45) is 0 Å². The second-order valence-electron chi connectivity index (χ2n) is 4.31. The van der Waals surface area contributed by atoms with Crippen molar-refractivity contribution in [3.63, 3.8) is 0 Å². The molecule has 3 heteroatoms. The summed E-state index contributed by atoms with van der Waals surface area (Å²) in [5.74, 6) is -2.36. The van der Waals surface area contributed by atoms with Crippen LogP contribution in [-0.2, 0) is 9.59 Å². The maximum Gasteiger partial charge on any atom is 0.372 e. The highest BCUT2D eigenvalue weighted by Gasteiger charge is 2.21. The molecular formula is C16H14O3. The number of Topliss-reactive ketones (excluding diaryl/α,β-unsaturated/α-hetero) is 1. The zero-order valence-electron chi connectivity index (χ0n) is 10.3. The molecule has 0 aromatic heterocycles. The van der Waals surface area contributed by atoms with Crippen molar-refractivity contribution in [3.05, 3.63) is 71.8 Å². The van der Waals surface area contributed by atoms with Gasteiger partial charge in [0.1, 0.15) is 0 Å². The van der Waals surface area contributed by atoms with Crippen molar-refractivity contribution in [2.75, 3.05) is 0 Å². The number of carbonyl (C=O) groups is 2. The van der Waals surface area contributed by atoms with Gasteiger partial charge in [-0.2, -0.15) is 0 Å². The van der Waals surface area contributed by atoms with Crippen LogP contribution in [0, 0.1) is 0 Å². The highest BCUT2D eigenvalue weighted by Crippen LogP contribution is 2.27. The van der Waals surface area contributed by atoms with E-state index in [0.29, 0.717) is 0 Å². The number of ketones is 1. The minimum Gasteiger partial charge on any atom is -0.476 e. The molecule has 0 fully saturated rings. The molecule has 0 saturated heterocycles. The summed E-state index contributed by atoms with van der Waals surface area (Å²) in [6, 6.07) is 19.0. The fraction of sp³-hybridized carbons (Fsp3) is 0.125. The first kappa shape index (κ1) is 13.0. The van der Waals surface area contributed by atoms with E-state index in [-0.39, 0.29) is 12.3 Å². The van der Waals surface area contributed by atoms with E-state index in [0.717, 1.165) is 11.1 Å². The van der Waals surface area contributed by atoms with Gasteiger partial charge in [0, 0.05) is 12.3 Å². The van der Waals surface area contributed by atoms with Crippen molar-refractivity contribution >= 4 is 11.8 Å². The number of benzene rings is 2. The number of carbonyl (C=O) groups excluding carboxylic acids is 1. The number of rotatable bonds is 5. The zero-order chi connectivity index (χ0) is 13.7. The molecular weight excluding hydrogens is 240 g/mol. The Kier molecular flexibility index (Phi) is 4.08. The molecule has 0 aliphatic rings. The van der Waals surface area contributed by atoms with E-state index in [9.17, 15) is 9.59 Å². The summed E-state index contributed by atoms with van der Waals surface area (Å²) in [6.07, 6.45) is -0.0244. The third-order valence-corrected chi connectivity index (χ3v) is 3.03. The molecule has 2 rings (SSSR count). The van der Waals surface area contributed by atoms with E-state index in [2.05, 4.69) is 0 Å². The quantitative estimate of drug-likeness (QED) is 0.835. The molecule has 2 aromatic rings. The maximum absolute atomic E-state index is 11.5. The van der Waals surface area contributed by atoms with E-state index >= 15 is 0 Å². The minimum absolute atomic E-state index is 0.0244. The fourth-order valence-electron chi connectivity index (χ4n) is 2.07. The molecule has 1 N–H and O–H groups in total. The van der Waals surface area contributed by atoms with Crippen LogP contribution in [0.4, 0.5) is 0 Å².